The first-order valence-corrected chi connectivity index (χ1v) is 9.98. The Morgan fingerprint density at radius 3 is 2.36 bits per heavy atom. The number of carbonyl (C=O) groups excluding carboxylic acids is 1. The van der Waals surface area contributed by atoms with Crippen molar-refractivity contribution in [3.8, 4) is 5.75 Å². The lowest BCUT2D eigenvalue weighted by molar-refractivity contribution is -0.121. The molecule has 0 atom stereocenters. The summed E-state index contributed by atoms with van der Waals surface area (Å²) < 4.78 is 5.28. The largest absolute Gasteiger partial charge is 0.496 e. The van der Waals surface area contributed by atoms with Crippen molar-refractivity contribution >= 4 is 11.6 Å². The van der Waals surface area contributed by atoms with Crippen LogP contribution in [0.25, 0.3) is 0 Å². The lowest BCUT2D eigenvalue weighted by Gasteiger charge is -2.34. The first-order valence-electron chi connectivity index (χ1n) is 9.98. The lowest BCUT2D eigenvalue weighted by Crippen LogP contribution is -2.44. The van der Waals surface area contributed by atoms with E-state index in [0.29, 0.717) is 13.0 Å². The van der Waals surface area contributed by atoms with Gasteiger partial charge in [-0.2, -0.15) is 0 Å². The smallest absolute Gasteiger partial charge is 0.220 e. The van der Waals surface area contributed by atoms with E-state index in [9.17, 15) is 4.79 Å². The van der Waals surface area contributed by atoms with Crippen LogP contribution in [-0.4, -0.2) is 51.1 Å². The third kappa shape index (κ3) is 5.49. The first-order chi connectivity index (χ1) is 13.5. The number of ether oxygens (including phenoxy) is 1. The zero-order chi connectivity index (χ0) is 19.9. The van der Waals surface area contributed by atoms with E-state index in [0.717, 1.165) is 55.0 Å². The molecule has 1 amide bonds. The highest BCUT2D eigenvalue weighted by molar-refractivity contribution is 5.76. The maximum Gasteiger partial charge on any atom is 0.220 e. The van der Waals surface area contributed by atoms with Crippen LogP contribution in [0.5, 0.6) is 5.75 Å². The minimum Gasteiger partial charge on any atom is -0.496 e. The molecule has 0 spiro atoms. The van der Waals surface area contributed by atoms with Crippen LogP contribution in [0.4, 0.5) is 5.69 Å². The molecule has 2 aromatic rings. The number of rotatable bonds is 7. The highest BCUT2D eigenvalue weighted by Crippen LogP contribution is 2.19. The molecule has 0 saturated carbocycles. The molecule has 1 aliphatic heterocycles. The van der Waals surface area contributed by atoms with Gasteiger partial charge in [-0.05, 0) is 55.3 Å². The van der Waals surface area contributed by atoms with Crippen LogP contribution in [0.15, 0.2) is 42.5 Å². The van der Waals surface area contributed by atoms with Crippen LogP contribution in [0.3, 0.4) is 0 Å². The van der Waals surface area contributed by atoms with Gasteiger partial charge in [0.15, 0.2) is 0 Å². The molecular weight excluding hydrogens is 350 g/mol. The van der Waals surface area contributed by atoms with E-state index in [1.165, 1.54) is 5.69 Å². The van der Waals surface area contributed by atoms with Gasteiger partial charge in [0.2, 0.25) is 5.91 Å². The van der Waals surface area contributed by atoms with E-state index in [4.69, 9.17) is 4.74 Å². The molecular formula is C23H31N3O2. The molecule has 5 heteroatoms. The molecule has 28 heavy (non-hydrogen) atoms. The van der Waals surface area contributed by atoms with Gasteiger partial charge in [-0.15, -0.1) is 0 Å². The summed E-state index contributed by atoms with van der Waals surface area (Å²) >= 11 is 0. The summed E-state index contributed by atoms with van der Waals surface area (Å²) in [6.07, 6.45) is 1.23. The minimum atomic E-state index is 0.0802. The summed E-state index contributed by atoms with van der Waals surface area (Å²) in [5.74, 6) is 0.963. The van der Waals surface area contributed by atoms with E-state index in [-0.39, 0.29) is 5.91 Å². The molecule has 0 aromatic heterocycles. The number of carbonyl (C=O) groups is 1. The van der Waals surface area contributed by atoms with Crippen molar-refractivity contribution in [2.24, 2.45) is 0 Å². The Hall–Kier alpha value is -2.53. The first kappa shape index (κ1) is 20.2. The van der Waals surface area contributed by atoms with Gasteiger partial charge >= 0.3 is 0 Å². The van der Waals surface area contributed by atoms with E-state index in [2.05, 4.69) is 52.5 Å². The third-order valence-corrected chi connectivity index (χ3v) is 5.39. The fourth-order valence-electron chi connectivity index (χ4n) is 3.53. The molecule has 1 heterocycles. The zero-order valence-corrected chi connectivity index (χ0v) is 17.2. The number of nitrogens with one attached hydrogen (secondary N) is 1. The molecule has 0 bridgehead atoms. The molecule has 0 aliphatic carbocycles. The average molecular weight is 382 g/mol. The van der Waals surface area contributed by atoms with Crippen molar-refractivity contribution < 1.29 is 9.53 Å². The fraction of sp³-hybridized carbons (Fsp3) is 0.435. The Balaban J connectivity index is 1.43. The van der Waals surface area contributed by atoms with Crippen LogP contribution in [0.1, 0.15) is 23.1 Å². The topological polar surface area (TPSA) is 44.8 Å². The Labute approximate surface area is 168 Å². The molecule has 0 unspecified atom stereocenters. The number of anilines is 1. The predicted octanol–water partition coefficient (Wildman–Crippen LogP) is 3.00. The summed E-state index contributed by atoms with van der Waals surface area (Å²) in [6.45, 7) is 6.93. The second-order valence-electron chi connectivity index (χ2n) is 7.54. The summed E-state index contributed by atoms with van der Waals surface area (Å²) in [4.78, 5) is 17.0. The third-order valence-electron chi connectivity index (χ3n) is 5.39. The van der Waals surface area contributed by atoms with E-state index < -0.39 is 0 Å². The monoisotopic (exact) mass is 381 g/mol. The van der Waals surface area contributed by atoms with E-state index in [1.54, 1.807) is 7.11 Å². The number of hydrogen-bond donors (Lipinski definition) is 1. The van der Waals surface area contributed by atoms with Gasteiger partial charge in [-0.25, -0.2) is 0 Å². The van der Waals surface area contributed by atoms with Crippen molar-refractivity contribution in [1.29, 1.82) is 0 Å². The zero-order valence-electron chi connectivity index (χ0n) is 17.2. The molecule has 1 fully saturated rings. The van der Waals surface area contributed by atoms with Crippen molar-refractivity contribution in [3.63, 3.8) is 0 Å². The molecule has 2 aromatic carbocycles. The normalized spacial score (nSPS) is 14.8. The SMILES string of the molecule is COc1ccc(CCC(=O)NCc2ccc(N3CCN(C)CC3)cc2)cc1C. The molecule has 5 nitrogen and oxygen atoms in total. The van der Waals surface area contributed by atoms with Gasteiger partial charge in [0.1, 0.15) is 5.75 Å². The van der Waals surface area contributed by atoms with Crippen LogP contribution in [0.2, 0.25) is 0 Å². The summed E-state index contributed by atoms with van der Waals surface area (Å²) in [5, 5.41) is 3.03. The van der Waals surface area contributed by atoms with Crippen LogP contribution in [-0.2, 0) is 17.8 Å². The van der Waals surface area contributed by atoms with Gasteiger partial charge in [-0.1, -0.05) is 24.3 Å². The number of aryl methyl sites for hydroxylation is 2. The second-order valence-corrected chi connectivity index (χ2v) is 7.54. The molecule has 1 saturated heterocycles. The quantitative estimate of drug-likeness (QED) is 0.801. The van der Waals surface area contributed by atoms with Gasteiger partial charge in [0.25, 0.3) is 0 Å². The Morgan fingerprint density at radius 2 is 1.71 bits per heavy atom. The minimum absolute atomic E-state index is 0.0802. The van der Waals surface area contributed by atoms with Crippen molar-refractivity contribution in [2.75, 3.05) is 45.2 Å². The Morgan fingerprint density at radius 1 is 1.04 bits per heavy atom. The summed E-state index contributed by atoms with van der Waals surface area (Å²) in [6, 6.07) is 14.6. The fourth-order valence-corrected chi connectivity index (χ4v) is 3.53. The number of methoxy groups -OCH3 is 1. The maximum absolute atomic E-state index is 12.2. The standard InChI is InChI=1S/C23H31N3O2/c1-18-16-19(6-10-22(18)28-3)7-11-23(27)24-17-20-4-8-21(9-5-20)26-14-12-25(2)13-15-26/h4-6,8-10,16H,7,11-15,17H2,1-3H3,(H,24,27). The Kier molecular flexibility index (Phi) is 6.93. The van der Waals surface area contributed by atoms with Crippen LogP contribution >= 0.6 is 0 Å². The van der Waals surface area contributed by atoms with Crippen molar-refractivity contribution in [3.05, 3.63) is 59.2 Å². The number of piperazine rings is 1. The highest BCUT2D eigenvalue weighted by Gasteiger charge is 2.14. The average Bonchev–Trinajstić information content (AvgIpc) is 2.72. The van der Waals surface area contributed by atoms with Gasteiger partial charge in [-0.3, -0.25) is 4.79 Å². The second kappa shape index (κ2) is 9.60. The number of hydrogen-bond acceptors (Lipinski definition) is 4. The molecule has 1 aliphatic rings. The number of amides is 1. The summed E-state index contributed by atoms with van der Waals surface area (Å²) in [5.41, 5.74) is 4.65. The predicted molar refractivity (Wildman–Crippen MR) is 114 cm³/mol. The number of nitrogens with zero attached hydrogens (tertiary/aromatic N) is 2. The molecule has 0 radical (unpaired) electrons. The maximum atomic E-state index is 12.2. The lowest BCUT2D eigenvalue weighted by atomic mass is 10.1. The molecule has 3 rings (SSSR count). The Bertz CT molecular complexity index is 781. The van der Waals surface area contributed by atoms with Gasteiger partial charge in [0.05, 0.1) is 7.11 Å². The number of likely N-dealkylation sites (N-methyl/N-ethyl adjacent to an activating group) is 1. The highest BCUT2D eigenvalue weighted by atomic mass is 16.5. The van der Waals surface area contributed by atoms with Crippen LogP contribution in [0, 0.1) is 6.92 Å². The van der Waals surface area contributed by atoms with Gasteiger partial charge < -0.3 is 19.9 Å². The van der Waals surface area contributed by atoms with E-state index in [1.807, 2.05) is 19.1 Å². The molecule has 150 valence electrons. The number of benzene rings is 2. The van der Waals surface area contributed by atoms with Gasteiger partial charge in [0, 0.05) is 44.8 Å². The van der Waals surface area contributed by atoms with Crippen LogP contribution < -0.4 is 15.0 Å². The van der Waals surface area contributed by atoms with Crippen molar-refractivity contribution in [1.82, 2.24) is 10.2 Å². The van der Waals surface area contributed by atoms with E-state index >= 15 is 0 Å². The van der Waals surface area contributed by atoms with Crippen molar-refractivity contribution in [2.45, 2.75) is 26.3 Å². The summed E-state index contributed by atoms with van der Waals surface area (Å²) in [7, 11) is 3.84. The molecule has 1 N–H and O–H groups in total.